The molecule has 3 heteroatoms. The van der Waals surface area contributed by atoms with Crippen molar-refractivity contribution < 1.29 is 4.79 Å². The van der Waals surface area contributed by atoms with Crippen LogP contribution in [0.15, 0.2) is 0 Å². The van der Waals surface area contributed by atoms with Crippen LogP contribution in [-0.4, -0.2) is 43.4 Å². The number of carbonyl (C=O) groups is 1. The molecule has 0 spiro atoms. The van der Waals surface area contributed by atoms with Crippen molar-refractivity contribution in [2.45, 2.75) is 18.9 Å². The van der Waals surface area contributed by atoms with Gasteiger partial charge in [0.15, 0.2) is 0 Å². The van der Waals surface area contributed by atoms with Crippen LogP contribution in [0.3, 0.4) is 0 Å². The molecule has 0 aromatic heterocycles. The quantitative estimate of drug-likeness (QED) is 0.547. The predicted molar refractivity (Wildman–Crippen MR) is 47.0 cm³/mol. The molecule has 2 heterocycles. The van der Waals surface area contributed by atoms with Crippen LogP contribution in [-0.2, 0) is 4.79 Å². The summed E-state index contributed by atoms with van der Waals surface area (Å²) in [5.41, 5.74) is 0. The molecule has 2 saturated heterocycles. The predicted octanol–water partition coefficient (Wildman–Crippen LogP) is -0.131. The standard InChI is InChI=1S/C9H16N2O/c1-11-6-8(12)4-7-5-10-3-2-9(7)11/h7,9-10H,2-6H2,1H3. The summed E-state index contributed by atoms with van der Waals surface area (Å²) in [6.45, 7) is 2.81. The zero-order valence-corrected chi connectivity index (χ0v) is 7.55. The Morgan fingerprint density at radius 2 is 2.42 bits per heavy atom. The van der Waals surface area contributed by atoms with Gasteiger partial charge in [-0.25, -0.2) is 0 Å². The van der Waals surface area contributed by atoms with Crippen molar-refractivity contribution in [3.63, 3.8) is 0 Å². The van der Waals surface area contributed by atoms with Gasteiger partial charge in [0.05, 0.1) is 6.54 Å². The second-order valence-corrected chi connectivity index (χ2v) is 3.98. The second kappa shape index (κ2) is 3.15. The maximum absolute atomic E-state index is 11.3. The van der Waals surface area contributed by atoms with E-state index in [2.05, 4.69) is 17.3 Å². The number of piperidine rings is 2. The van der Waals surface area contributed by atoms with Gasteiger partial charge in [-0.3, -0.25) is 9.69 Å². The molecule has 0 aromatic carbocycles. The van der Waals surface area contributed by atoms with E-state index in [4.69, 9.17) is 0 Å². The number of likely N-dealkylation sites (N-methyl/N-ethyl adjacent to an activating group) is 1. The molecule has 2 fully saturated rings. The van der Waals surface area contributed by atoms with E-state index in [1.165, 1.54) is 6.42 Å². The average Bonchev–Trinajstić information content (AvgIpc) is 2.04. The summed E-state index contributed by atoms with van der Waals surface area (Å²) in [6, 6.07) is 0.656. The first-order chi connectivity index (χ1) is 5.77. The number of nitrogens with zero attached hydrogens (tertiary/aromatic N) is 1. The van der Waals surface area contributed by atoms with Gasteiger partial charge in [-0.15, -0.1) is 0 Å². The van der Waals surface area contributed by atoms with Crippen molar-refractivity contribution in [3.05, 3.63) is 0 Å². The molecule has 2 unspecified atom stereocenters. The minimum Gasteiger partial charge on any atom is -0.316 e. The summed E-state index contributed by atoms with van der Waals surface area (Å²) >= 11 is 0. The van der Waals surface area contributed by atoms with E-state index in [-0.39, 0.29) is 0 Å². The Hall–Kier alpha value is -0.410. The van der Waals surface area contributed by atoms with Crippen molar-refractivity contribution >= 4 is 5.78 Å². The zero-order valence-electron chi connectivity index (χ0n) is 7.55. The number of fused-ring (bicyclic) bond motifs is 1. The molecule has 1 N–H and O–H groups in total. The van der Waals surface area contributed by atoms with E-state index in [0.29, 0.717) is 24.3 Å². The van der Waals surface area contributed by atoms with Crippen molar-refractivity contribution in [1.29, 1.82) is 0 Å². The third-order valence-electron chi connectivity index (χ3n) is 3.05. The lowest BCUT2D eigenvalue weighted by molar-refractivity contribution is -0.125. The SMILES string of the molecule is CN1CC(=O)CC2CNCCC21. The van der Waals surface area contributed by atoms with Crippen molar-refractivity contribution in [1.82, 2.24) is 10.2 Å². The molecule has 0 radical (unpaired) electrons. The maximum Gasteiger partial charge on any atom is 0.147 e. The van der Waals surface area contributed by atoms with Crippen LogP contribution in [0, 0.1) is 5.92 Å². The highest BCUT2D eigenvalue weighted by molar-refractivity contribution is 5.81. The first kappa shape index (κ1) is 8.20. The van der Waals surface area contributed by atoms with Gasteiger partial charge in [-0.1, -0.05) is 0 Å². The van der Waals surface area contributed by atoms with Crippen LogP contribution in [0.2, 0.25) is 0 Å². The smallest absolute Gasteiger partial charge is 0.147 e. The Morgan fingerprint density at radius 3 is 3.25 bits per heavy atom. The van der Waals surface area contributed by atoms with Crippen LogP contribution in [0.5, 0.6) is 0 Å². The molecule has 2 aliphatic rings. The number of rotatable bonds is 0. The van der Waals surface area contributed by atoms with Crippen LogP contribution in [0.4, 0.5) is 0 Å². The van der Waals surface area contributed by atoms with E-state index in [9.17, 15) is 4.79 Å². The van der Waals surface area contributed by atoms with Crippen LogP contribution in [0.1, 0.15) is 12.8 Å². The number of hydrogen-bond acceptors (Lipinski definition) is 3. The molecule has 0 aromatic rings. The summed E-state index contributed by atoms with van der Waals surface area (Å²) in [4.78, 5) is 13.5. The van der Waals surface area contributed by atoms with E-state index in [0.717, 1.165) is 19.5 Å². The average molecular weight is 168 g/mol. The minimum atomic E-state index is 0.405. The molecule has 0 amide bonds. The summed E-state index contributed by atoms with van der Waals surface area (Å²) < 4.78 is 0. The highest BCUT2D eigenvalue weighted by atomic mass is 16.1. The molecule has 2 rings (SSSR count). The molecule has 0 bridgehead atoms. The molecule has 12 heavy (non-hydrogen) atoms. The summed E-state index contributed by atoms with van der Waals surface area (Å²) in [7, 11) is 2.07. The Balaban J connectivity index is 2.06. The third-order valence-corrected chi connectivity index (χ3v) is 3.05. The monoisotopic (exact) mass is 168 g/mol. The number of Topliss-reactive ketones (excluding diaryl/α,β-unsaturated/α-hetero) is 1. The zero-order chi connectivity index (χ0) is 8.55. The highest BCUT2D eigenvalue weighted by Crippen LogP contribution is 2.24. The fourth-order valence-electron chi connectivity index (χ4n) is 2.45. The Labute approximate surface area is 73.1 Å². The van der Waals surface area contributed by atoms with Crippen LogP contribution < -0.4 is 5.32 Å². The fourth-order valence-corrected chi connectivity index (χ4v) is 2.45. The molecule has 3 nitrogen and oxygen atoms in total. The van der Waals surface area contributed by atoms with Crippen LogP contribution in [0.25, 0.3) is 0 Å². The third kappa shape index (κ3) is 1.39. The fraction of sp³-hybridized carbons (Fsp3) is 0.889. The largest absolute Gasteiger partial charge is 0.316 e. The van der Waals surface area contributed by atoms with Gasteiger partial charge in [0.2, 0.25) is 0 Å². The lowest BCUT2D eigenvalue weighted by Crippen LogP contribution is -2.54. The molecule has 0 saturated carbocycles. The van der Waals surface area contributed by atoms with Gasteiger partial charge in [-0.2, -0.15) is 0 Å². The molecule has 0 aliphatic carbocycles. The number of nitrogens with one attached hydrogen (secondary N) is 1. The normalized spacial score (nSPS) is 37.9. The lowest BCUT2D eigenvalue weighted by atomic mass is 9.84. The van der Waals surface area contributed by atoms with Gasteiger partial charge in [0, 0.05) is 12.5 Å². The number of hydrogen-bond donors (Lipinski definition) is 1. The first-order valence-corrected chi connectivity index (χ1v) is 4.70. The summed E-state index contributed by atoms with van der Waals surface area (Å²) in [5.74, 6) is 0.979. The van der Waals surface area contributed by atoms with Crippen molar-refractivity contribution in [2.24, 2.45) is 5.92 Å². The number of likely N-dealkylation sites (tertiary alicyclic amines) is 1. The molecule has 2 aliphatic heterocycles. The van der Waals surface area contributed by atoms with Gasteiger partial charge in [0.1, 0.15) is 5.78 Å². The Morgan fingerprint density at radius 1 is 1.58 bits per heavy atom. The first-order valence-electron chi connectivity index (χ1n) is 4.70. The number of ketones is 1. The van der Waals surface area contributed by atoms with Crippen molar-refractivity contribution in [2.75, 3.05) is 26.7 Å². The van der Waals surface area contributed by atoms with Gasteiger partial charge >= 0.3 is 0 Å². The van der Waals surface area contributed by atoms with Gasteiger partial charge < -0.3 is 5.32 Å². The van der Waals surface area contributed by atoms with Gasteiger partial charge in [0.25, 0.3) is 0 Å². The highest BCUT2D eigenvalue weighted by Gasteiger charge is 2.34. The van der Waals surface area contributed by atoms with Crippen LogP contribution >= 0.6 is 0 Å². The van der Waals surface area contributed by atoms with E-state index < -0.39 is 0 Å². The molecular formula is C9H16N2O. The second-order valence-electron chi connectivity index (χ2n) is 3.98. The molecular weight excluding hydrogens is 152 g/mol. The number of carbonyl (C=O) groups excluding carboxylic acids is 1. The topological polar surface area (TPSA) is 32.3 Å². The maximum atomic E-state index is 11.3. The Kier molecular flexibility index (Phi) is 2.15. The van der Waals surface area contributed by atoms with E-state index in [1.54, 1.807) is 0 Å². The minimum absolute atomic E-state index is 0.405. The van der Waals surface area contributed by atoms with Gasteiger partial charge in [-0.05, 0) is 32.5 Å². The molecule has 68 valence electrons. The Bertz CT molecular complexity index is 193. The van der Waals surface area contributed by atoms with Crippen molar-refractivity contribution in [3.8, 4) is 0 Å². The summed E-state index contributed by atoms with van der Waals surface area (Å²) in [5, 5.41) is 3.35. The molecule has 2 atom stereocenters. The lowest BCUT2D eigenvalue weighted by Gasteiger charge is -2.41. The van der Waals surface area contributed by atoms with E-state index >= 15 is 0 Å². The summed E-state index contributed by atoms with van der Waals surface area (Å²) in [6.07, 6.45) is 2.00. The van der Waals surface area contributed by atoms with E-state index in [1.807, 2.05) is 0 Å².